The lowest BCUT2D eigenvalue weighted by molar-refractivity contribution is 0.0680. The van der Waals surface area contributed by atoms with Gasteiger partial charge in [-0.25, -0.2) is 17.9 Å². The zero-order valence-corrected chi connectivity index (χ0v) is 14.9. The number of nitrogens with one attached hydrogen (secondary N) is 1. The average molecular weight is 379 g/mol. The Morgan fingerprint density at radius 2 is 2.15 bits per heavy atom. The van der Waals surface area contributed by atoms with Crippen LogP contribution in [0.5, 0.6) is 11.5 Å². The number of carboxylic acid groups (broad SMARTS) is 1. The normalized spacial score (nSPS) is 11.0. The first-order chi connectivity index (χ1) is 12.3. The molecule has 2 aromatic rings. The van der Waals surface area contributed by atoms with Gasteiger partial charge in [-0.1, -0.05) is 12.0 Å². The van der Waals surface area contributed by atoms with E-state index >= 15 is 0 Å². The SMILES string of the molecule is C#CCOc1cc(CNS(=O)(=O)c2cnn(C)c2C(=O)O)ccc1OC. The van der Waals surface area contributed by atoms with Crippen LogP contribution in [-0.4, -0.2) is 43.0 Å². The van der Waals surface area contributed by atoms with Gasteiger partial charge >= 0.3 is 5.97 Å². The van der Waals surface area contributed by atoms with Gasteiger partial charge in [0.2, 0.25) is 10.0 Å². The second-order valence-corrected chi connectivity index (χ2v) is 6.82. The summed E-state index contributed by atoms with van der Waals surface area (Å²) in [6, 6.07) is 4.84. The molecule has 2 rings (SSSR count). The lowest BCUT2D eigenvalue weighted by atomic mass is 10.2. The van der Waals surface area contributed by atoms with Crippen molar-refractivity contribution in [3.8, 4) is 23.8 Å². The Labute approximate surface area is 150 Å². The predicted octanol–water partition coefficient (Wildman–Crippen LogP) is 0.617. The van der Waals surface area contributed by atoms with E-state index in [0.29, 0.717) is 17.1 Å². The molecule has 0 saturated carbocycles. The summed E-state index contributed by atoms with van der Waals surface area (Å²) in [6.07, 6.45) is 6.15. The topological polar surface area (TPSA) is 120 Å². The number of methoxy groups -OCH3 is 1. The number of benzene rings is 1. The highest BCUT2D eigenvalue weighted by Crippen LogP contribution is 2.28. The van der Waals surface area contributed by atoms with Gasteiger partial charge in [-0.15, -0.1) is 6.42 Å². The molecule has 0 aliphatic heterocycles. The molecule has 9 nitrogen and oxygen atoms in total. The fraction of sp³-hybridized carbons (Fsp3) is 0.250. The third-order valence-corrected chi connectivity index (χ3v) is 4.80. The molecule has 0 amide bonds. The van der Waals surface area contributed by atoms with Crippen molar-refractivity contribution in [3.05, 3.63) is 35.7 Å². The maximum atomic E-state index is 12.4. The van der Waals surface area contributed by atoms with Gasteiger partial charge in [-0.2, -0.15) is 5.10 Å². The van der Waals surface area contributed by atoms with Crippen molar-refractivity contribution < 1.29 is 27.8 Å². The molecule has 0 saturated heterocycles. The summed E-state index contributed by atoms with van der Waals surface area (Å²) in [4.78, 5) is 10.8. The van der Waals surface area contributed by atoms with Gasteiger partial charge in [-0.05, 0) is 17.7 Å². The predicted molar refractivity (Wildman–Crippen MR) is 91.5 cm³/mol. The molecule has 0 radical (unpaired) electrons. The Kier molecular flexibility index (Phi) is 5.86. The maximum Gasteiger partial charge on any atom is 0.355 e. The number of ether oxygens (including phenoxy) is 2. The van der Waals surface area contributed by atoms with Crippen molar-refractivity contribution in [1.82, 2.24) is 14.5 Å². The van der Waals surface area contributed by atoms with Crippen molar-refractivity contribution >= 4 is 16.0 Å². The number of carbonyl (C=O) groups is 1. The summed E-state index contributed by atoms with van der Waals surface area (Å²) in [6.45, 7) is -0.0596. The molecule has 2 N–H and O–H groups in total. The molecule has 0 unspecified atom stereocenters. The fourth-order valence-electron chi connectivity index (χ4n) is 2.18. The fourth-order valence-corrected chi connectivity index (χ4v) is 3.35. The van der Waals surface area contributed by atoms with Crippen LogP contribution < -0.4 is 14.2 Å². The molecule has 1 aromatic heterocycles. The van der Waals surface area contributed by atoms with Gasteiger partial charge in [0.25, 0.3) is 0 Å². The minimum absolute atomic E-state index is 0.0309. The molecule has 138 valence electrons. The first-order valence-corrected chi connectivity index (χ1v) is 8.76. The number of aromatic nitrogens is 2. The van der Waals surface area contributed by atoms with Gasteiger partial charge in [-0.3, -0.25) is 4.68 Å². The summed E-state index contributed by atoms with van der Waals surface area (Å²) >= 11 is 0. The number of carboxylic acids is 1. The highest BCUT2D eigenvalue weighted by atomic mass is 32.2. The lowest BCUT2D eigenvalue weighted by Crippen LogP contribution is -2.25. The number of rotatable bonds is 8. The lowest BCUT2D eigenvalue weighted by Gasteiger charge is -2.11. The third-order valence-electron chi connectivity index (χ3n) is 3.40. The third kappa shape index (κ3) is 4.14. The van der Waals surface area contributed by atoms with Crippen LogP contribution >= 0.6 is 0 Å². The Morgan fingerprint density at radius 1 is 1.42 bits per heavy atom. The Hall–Kier alpha value is -3.03. The van der Waals surface area contributed by atoms with Gasteiger partial charge in [0, 0.05) is 13.6 Å². The number of hydrogen-bond donors (Lipinski definition) is 2. The zero-order valence-electron chi connectivity index (χ0n) is 14.1. The molecule has 1 heterocycles. The van der Waals surface area contributed by atoms with E-state index in [0.717, 1.165) is 10.9 Å². The maximum absolute atomic E-state index is 12.4. The van der Waals surface area contributed by atoms with Crippen molar-refractivity contribution in [2.24, 2.45) is 7.05 Å². The Bertz CT molecular complexity index is 959. The second-order valence-electron chi connectivity index (χ2n) is 5.09. The van der Waals surface area contributed by atoms with Gasteiger partial charge < -0.3 is 14.6 Å². The largest absolute Gasteiger partial charge is 0.493 e. The van der Waals surface area contributed by atoms with E-state index < -0.39 is 26.6 Å². The van der Waals surface area contributed by atoms with Gasteiger partial charge in [0.05, 0.1) is 13.3 Å². The molecule has 1 aromatic carbocycles. The van der Waals surface area contributed by atoms with Crippen molar-refractivity contribution in [2.45, 2.75) is 11.4 Å². The average Bonchev–Trinajstić information content (AvgIpc) is 3.01. The van der Waals surface area contributed by atoms with Gasteiger partial charge in [0.15, 0.2) is 17.2 Å². The van der Waals surface area contributed by atoms with Crippen LogP contribution in [0.25, 0.3) is 0 Å². The summed E-state index contributed by atoms with van der Waals surface area (Å²) in [5.74, 6) is 1.76. The van der Waals surface area contributed by atoms with E-state index in [1.54, 1.807) is 18.2 Å². The smallest absolute Gasteiger partial charge is 0.355 e. The minimum atomic E-state index is -4.08. The first kappa shape index (κ1) is 19.3. The van der Waals surface area contributed by atoms with Crippen LogP contribution in [0.15, 0.2) is 29.3 Å². The standard InChI is InChI=1S/C16H17N3O6S/c1-4-7-25-13-8-11(5-6-12(13)24-3)9-18-26(22,23)14-10-17-19(2)15(14)16(20)21/h1,5-6,8,10,18H,7,9H2,2-3H3,(H,20,21). The zero-order chi connectivity index (χ0) is 19.3. The highest BCUT2D eigenvalue weighted by Gasteiger charge is 2.26. The van der Waals surface area contributed by atoms with Crippen molar-refractivity contribution in [2.75, 3.05) is 13.7 Å². The quantitative estimate of drug-likeness (QED) is 0.645. The Morgan fingerprint density at radius 3 is 2.77 bits per heavy atom. The van der Waals surface area contributed by atoms with E-state index in [-0.39, 0.29) is 13.2 Å². The van der Waals surface area contributed by atoms with E-state index in [4.69, 9.17) is 21.0 Å². The van der Waals surface area contributed by atoms with E-state index in [1.807, 2.05) is 0 Å². The van der Waals surface area contributed by atoms with E-state index in [9.17, 15) is 13.2 Å². The monoisotopic (exact) mass is 379 g/mol. The van der Waals surface area contributed by atoms with Crippen LogP contribution in [0.2, 0.25) is 0 Å². The van der Waals surface area contributed by atoms with Gasteiger partial charge in [0.1, 0.15) is 11.5 Å². The second kappa shape index (κ2) is 7.90. The van der Waals surface area contributed by atoms with Crippen molar-refractivity contribution in [3.63, 3.8) is 0 Å². The van der Waals surface area contributed by atoms with Crippen LogP contribution in [0, 0.1) is 12.3 Å². The van der Waals surface area contributed by atoms with Crippen LogP contribution in [0.3, 0.4) is 0 Å². The molecular weight excluding hydrogens is 362 g/mol. The molecule has 0 fully saturated rings. The Balaban J connectivity index is 2.23. The summed E-state index contributed by atoms with van der Waals surface area (Å²) in [5.41, 5.74) is 0.146. The molecule has 0 aliphatic rings. The molecule has 0 aliphatic carbocycles. The number of hydrogen-bond acceptors (Lipinski definition) is 6. The highest BCUT2D eigenvalue weighted by molar-refractivity contribution is 7.89. The number of sulfonamides is 1. The summed E-state index contributed by atoms with van der Waals surface area (Å²) in [7, 11) is -1.26. The number of nitrogens with zero attached hydrogens (tertiary/aromatic N) is 2. The number of aromatic carboxylic acids is 1. The first-order valence-electron chi connectivity index (χ1n) is 7.28. The molecule has 0 atom stereocenters. The number of aryl methyl sites for hydroxylation is 1. The minimum Gasteiger partial charge on any atom is -0.493 e. The molecule has 0 spiro atoms. The van der Waals surface area contributed by atoms with Crippen LogP contribution in [-0.2, 0) is 23.6 Å². The molecule has 10 heteroatoms. The summed E-state index contributed by atoms with van der Waals surface area (Å²) < 4.78 is 38.7. The van der Waals surface area contributed by atoms with E-state index in [2.05, 4.69) is 15.7 Å². The van der Waals surface area contributed by atoms with Crippen molar-refractivity contribution in [1.29, 1.82) is 0 Å². The van der Waals surface area contributed by atoms with Crippen LogP contribution in [0.1, 0.15) is 16.1 Å². The van der Waals surface area contributed by atoms with Crippen LogP contribution in [0.4, 0.5) is 0 Å². The summed E-state index contributed by atoms with van der Waals surface area (Å²) in [5, 5.41) is 12.9. The molecule has 26 heavy (non-hydrogen) atoms. The molecule has 0 bridgehead atoms. The number of terminal acetylenes is 1. The van der Waals surface area contributed by atoms with E-state index in [1.165, 1.54) is 14.2 Å². The molecular formula is C16H17N3O6S.